The van der Waals surface area contributed by atoms with Crippen LogP contribution >= 0.6 is 0 Å². The number of hydrogen-bond donors (Lipinski definition) is 1. The van der Waals surface area contributed by atoms with Gasteiger partial charge in [0, 0.05) is 12.5 Å². The predicted octanol–water partition coefficient (Wildman–Crippen LogP) is 2.23. The number of halogens is 2. The van der Waals surface area contributed by atoms with Gasteiger partial charge in [0.25, 0.3) is 5.92 Å². The molecule has 0 amide bonds. The number of fused-ring (bicyclic) bond motifs is 1. The van der Waals surface area contributed by atoms with Crippen LogP contribution in [-0.4, -0.2) is 17.9 Å². The molecule has 0 atom stereocenters. The van der Waals surface area contributed by atoms with E-state index in [1.54, 1.807) is 0 Å². The smallest absolute Gasteiger partial charge is 0.336 e. The molecule has 6 heteroatoms. The van der Waals surface area contributed by atoms with Gasteiger partial charge in [-0.05, 0) is 12.1 Å². The molecule has 0 saturated carbocycles. The second-order valence-corrected chi connectivity index (χ2v) is 3.44. The molecule has 2 rings (SSSR count). The number of carbonyl (C=O) groups is 1. The van der Waals surface area contributed by atoms with Gasteiger partial charge in [-0.3, -0.25) is 0 Å². The molecular formula is C10H8F2O4. The van der Waals surface area contributed by atoms with Crippen molar-refractivity contribution in [1.29, 1.82) is 0 Å². The van der Waals surface area contributed by atoms with Gasteiger partial charge in [-0.15, -0.1) is 0 Å². The van der Waals surface area contributed by atoms with Crippen molar-refractivity contribution in [3.63, 3.8) is 0 Å². The summed E-state index contributed by atoms with van der Waals surface area (Å²) in [7, 11) is 0. The van der Waals surface area contributed by atoms with Crippen LogP contribution in [-0.2, 0) is 5.92 Å². The minimum Gasteiger partial charge on any atom is -0.478 e. The van der Waals surface area contributed by atoms with E-state index in [0.29, 0.717) is 6.92 Å². The number of ether oxygens (including phenoxy) is 2. The zero-order valence-corrected chi connectivity index (χ0v) is 8.29. The molecule has 0 radical (unpaired) electrons. The summed E-state index contributed by atoms with van der Waals surface area (Å²) in [6.45, 7) is 0.546. The van der Waals surface area contributed by atoms with Gasteiger partial charge in [0.2, 0.25) is 6.79 Å². The number of hydrogen-bond acceptors (Lipinski definition) is 3. The van der Waals surface area contributed by atoms with Crippen LogP contribution in [0.2, 0.25) is 0 Å². The van der Waals surface area contributed by atoms with Crippen molar-refractivity contribution in [3.05, 3.63) is 23.3 Å². The van der Waals surface area contributed by atoms with Gasteiger partial charge in [-0.1, -0.05) is 0 Å². The molecule has 16 heavy (non-hydrogen) atoms. The molecule has 0 bridgehead atoms. The van der Waals surface area contributed by atoms with Gasteiger partial charge in [0.15, 0.2) is 11.5 Å². The normalized spacial score (nSPS) is 13.9. The Hall–Kier alpha value is -1.85. The van der Waals surface area contributed by atoms with E-state index >= 15 is 0 Å². The molecule has 0 unspecified atom stereocenters. The SMILES string of the molecule is CC(F)(F)c1cc2c(cc1C(=O)O)OCO2. The molecule has 0 saturated heterocycles. The number of carboxylic acids is 1. The van der Waals surface area contributed by atoms with Crippen LogP contribution in [0.15, 0.2) is 12.1 Å². The van der Waals surface area contributed by atoms with Gasteiger partial charge >= 0.3 is 5.97 Å². The van der Waals surface area contributed by atoms with Crippen LogP contribution in [0.25, 0.3) is 0 Å². The highest BCUT2D eigenvalue weighted by atomic mass is 19.3. The van der Waals surface area contributed by atoms with E-state index in [0.717, 1.165) is 12.1 Å². The average Bonchev–Trinajstić information content (AvgIpc) is 2.60. The first-order chi connectivity index (χ1) is 7.39. The topological polar surface area (TPSA) is 55.8 Å². The zero-order chi connectivity index (χ0) is 11.9. The third kappa shape index (κ3) is 1.66. The fourth-order valence-corrected chi connectivity index (χ4v) is 1.48. The second kappa shape index (κ2) is 3.33. The molecular weight excluding hydrogens is 222 g/mol. The Balaban J connectivity index is 2.62. The van der Waals surface area contributed by atoms with Crippen molar-refractivity contribution < 1.29 is 28.2 Å². The number of carboxylic acid groups (broad SMARTS) is 1. The van der Waals surface area contributed by atoms with Crippen molar-refractivity contribution in [2.75, 3.05) is 6.79 Å². The highest BCUT2D eigenvalue weighted by Crippen LogP contribution is 2.40. The lowest BCUT2D eigenvalue weighted by atomic mass is 10.0. The van der Waals surface area contributed by atoms with E-state index in [1.165, 1.54) is 0 Å². The Morgan fingerprint density at radius 3 is 2.44 bits per heavy atom. The molecule has 1 aromatic carbocycles. The van der Waals surface area contributed by atoms with E-state index in [9.17, 15) is 13.6 Å². The maximum atomic E-state index is 13.2. The maximum absolute atomic E-state index is 13.2. The highest BCUT2D eigenvalue weighted by Gasteiger charge is 2.33. The standard InChI is InChI=1S/C10H8F2O4/c1-10(11,12)6-3-8-7(15-4-16-8)2-5(6)9(13)14/h2-3H,4H2,1H3,(H,13,14). The van der Waals surface area contributed by atoms with Gasteiger partial charge in [-0.25, -0.2) is 13.6 Å². The van der Waals surface area contributed by atoms with Gasteiger partial charge in [0.1, 0.15) is 0 Å². The van der Waals surface area contributed by atoms with Crippen LogP contribution in [0.4, 0.5) is 8.78 Å². The van der Waals surface area contributed by atoms with Crippen LogP contribution in [0.3, 0.4) is 0 Å². The monoisotopic (exact) mass is 230 g/mol. The second-order valence-electron chi connectivity index (χ2n) is 3.44. The van der Waals surface area contributed by atoms with E-state index in [4.69, 9.17) is 14.6 Å². The summed E-state index contributed by atoms with van der Waals surface area (Å²) in [5.41, 5.74) is -1.05. The van der Waals surface area contributed by atoms with Crippen molar-refractivity contribution in [2.24, 2.45) is 0 Å². The summed E-state index contributed by atoms with van der Waals surface area (Å²) < 4.78 is 36.2. The van der Waals surface area contributed by atoms with Gasteiger partial charge in [0.05, 0.1) is 5.56 Å². The lowest BCUT2D eigenvalue weighted by molar-refractivity contribution is 0.0152. The Kier molecular flexibility index (Phi) is 2.22. The fraction of sp³-hybridized carbons (Fsp3) is 0.300. The van der Waals surface area contributed by atoms with E-state index in [2.05, 4.69) is 0 Å². The van der Waals surface area contributed by atoms with Crippen molar-refractivity contribution >= 4 is 5.97 Å². The summed E-state index contributed by atoms with van der Waals surface area (Å²) in [4.78, 5) is 10.8. The Bertz CT molecular complexity index is 451. The molecule has 0 fully saturated rings. The third-order valence-electron chi connectivity index (χ3n) is 2.22. The maximum Gasteiger partial charge on any atom is 0.336 e. The van der Waals surface area contributed by atoms with Crippen LogP contribution < -0.4 is 9.47 Å². The van der Waals surface area contributed by atoms with Crippen molar-refractivity contribution in [1.82, 2.24) is 0 Å². The number of rotatable bonds is 2. The minimum absolute atomic E-state index is 0.0901. The molecule has 1 aliphatic heterocycles. The number of benzene rings is 1. The number of aromatic carboxylic acids is 1. The first kappa shape index (κ1) is 10.7. The molecule has 1 N–H and O–H groups in total. The Morgan fingerprint density at radius 1 is 1.38 bits per heavy atom. The van der Waals surface area contributed by atoms with Crippen LogP contribution in [0.5, 0.6) is 11.5 Å². The summed E-state index contributed by atoms with van der Waals surface area (Å²) in [5, 5.41) is 8.83. The lowest BCUT2D eigenvalue weighted by Crippen LogP contribution is -2.14. The summed E-state index contributed by atoms with van der Waals surface area (Å²) in [6.07, 6.45) is 0. The predicted molar refractivity (Wildman–Crippen MR) is 49.1 cm³/mol. The first-order valence-electron chi connectivity index (χ1n) is 4.45. The van der Waals surface area contributed by atoms with Gasteiger partial charge < -0.3 is 14.6 Å². The van der Waals surface area contributed by atoms with Crippen LogP contribution in [0.1, 0.15) is 22.8 Å². The zero-order valence-electron chi connectivity index (χ0n) is 8.29. The molecule has 0 spiro atoms. The van der Waals surface area contributed by atoms with E-state index in [-0.39, 0.29) is 18.3 Å². The fourth-order valence-electron chi connectivity index (χ4n) is 1.48. The van der Waals surface area contributed by atoms with Gasteiger partial charge in [-0.2, -0.15) is 0 Å². The Labute approximate surface area is 89.4 Å². The molecule has 1 aromatic rings. The van der Waals surface area contributed by atoms with Crippen molar-refractivity contribution in [2.45, 2.75) is 12.8 Å². The molecule has 1 aliphatic rings. The molecule has 0 aliphatic carbocycles. The highest BCUT2D eigenvalue weighted by molar-refractivity contribution is 5.90. The first-order valence-corrected chi connectivity index (χ1v) is 4.45. The lowest BCUT2D eigenvalue weighted by Gasteiger charge is -2.14. The summed E-state index contributed by atoms with van der Waals surface area (Å²) in [5.74, 6) is -4.35. The quantitative estimate of drug-likeness (QED) is 0.846. The Morgan fingerprint density at radius 2 is 1.94 bits per heavy atom. The average molecular weight is 230 g/mol. The van der Waals surface area contributed by atoms with Crippen molar-refractivity contribution in [3.8, 4) is 11.5 Å². The molecule has 1 heterocycles. The van der Waals surface area contributed by atoms with E-state index in [1.807, 2.05) is 0 Å². The third-order valence-corrected chi connectivity index (χ3v) is 2.22. The van der Waals surface area contributed by atoms with E-state index < -0.39 is 23.0 Å². The minimum atomic E-state index is -3.24. The number of alkyl halides is 2. The van der Waals surface area contributed by atoms with Crippen LogP contribution in [0, 0.1) is 0 Å². The summed E-state index contributed by atoms with van der Waals surface area (Å²) >= 11 is 0. The molecule has 4 nitrogen and oxygen atoms in total. The molecule has 0 aromatic heterocycles. The molecule has 86 valence electrons. The summed E-state index contributed by atoms with van der Waals surface area (Å²) in [6, 6.07) is 2.06. The largest absolute Gasteiger partial charge is 0.478 e.